The van der Waals surface area contributed by atoms with Crippen LogP contribution in [0.25, 0.3) is 0 Å². The van der Waals surface area contributed by atoms with Gasteiger partial charge in [-0.05, 0) is 49.1 Å². The Kier molecular flexibility index (Phi) is 6.28. The average Bonchev–Trinajstić information content (AvgIpc) is 3.31. The number of nitrogens with zero attached hydrogens (tertiary/aromatic N) is 4. The standard InChI is InChI=1S/C27H33N5O2/c1-20-8-9-22(18-21(20)2)24-19-25-27(34)31(16-17-32(25)28-24)11-10-26(33)30-14-12-29(13-15-30)23-6-4-3-5-7-23/h3-9,16-18,24-25,28H,10-15,19H2,1-2H3. The Morgan fingerprint density at radius 1 is 0.971 bits per heavy atom. The number of aryl methyl sites for hydroxylation is 2. The molecule has 2 unspecified atom stereocenters. The van der Waals surface area contributed by atoms with Gasteiger partial charge in [0.05, 0.1) is 6.04 Å². The summed E-state index contributed by atoms with van der Waals surface area (Å²) >= 11 is 0. The molecule has 0 aromatic heterocycles. The van der Waals surface area contributed by atoms with Crippen molar-refractivity contribution in [1.82, 2.24) is 20.2 Å². The van der Waals surface area contributed by atoms with Gasteiger partial charge in [0.25, 0.3) is 5.91 Å². The highest BCUT2D eigenvalue weighted by Gasteiger charge is 2.40. The molecule has 2 amide bonds. The second-order valence-corrected chi connectivity index (χ2v) is 9.47. The Labute approximate surface area is 201 Å². The lowest BCUT2D eigenvalue weighted by Crippen LogP contribution is -2.50. The van der Waals surface area contributed by atoms with Crippen LogP contribution in [0.3, 0.4) is 0 Å². The minimum Gasteiger partial charge on any atom is -0.368 e. The molecular weight excluding hydrogens is 426 g/mol. The molecule has 0 bridgehead atoms. The molecule has 0 aliphatic carbocycles. The molecule has 3 aliphatic heterocycles. The highest BCUT2D eigenvalue weighted by molar-refractivity contribution is 5.85. The van der Waals surface area contributed by atoms with E-state index in [0.717, 1.165) is 32.6 Å². The predicted molar refractivity (Wildman–Crippen MR) is 133 cm³/mol. The third kappa shape index (κ3) is 4.53. The fourth-order valence-corrected chi connectivity index (χ4v) is 5.05. The van der Waals surface area contributed by atoms with Crippen LogP contribution in [0.1, 0.15) is 35.6 Å². The lowest BCUT2D eigenvalue weighted by Gasteiger charge is -2.36. The first-order valence-electron chi connectivity index (χ1n) is 12.2. The minimum atomic E-state index is -0.235. The summed E-state index contributed by atoms with van der Waals surface area (Å²) in [7, 11) is 0. The van der Waals surface area contributed by atoms with Crippen LogP contribution in [0.5, 0.6) is 0 Å². The number of carbonyl (C=O) groups excluding carboxylic acids is 2. The molecule has 2 aromatic rings. The predicted octanol–water partition coefficient (Wildman–Crippen LogP) is 2.98. The Hall–Kier alpha value is -3.32. The molecule has 0 saturated carbocycles. The molecule has 34 heavy (non-hydrogen) atoms. The molecule has 2 saturated heterocycles. The van der Waals surface area contributed by atoms with E-state index in [-0.39, 0.29) is 23.9 Å². The number of amides is 2. The molecule has 2 atom stereocenters. The van der Waals surface area contributed by atoms with Crippen LogP contribution in [-0.4, -0.2) is 65.4 Å². The van der Waals surface area contributed by atoms with Crippen molar-refractivity contribution in [3.05, 3.63) is 77.6 Å². The van der Waals surface area contributed by atoms with Crippen molar-refractivity contribution in [1.29, 1.82) is 0 Å². The molecule has 0 radical (unpaired) electrons. The Bertz CT molecular complexity index is 1080. The average molecular weight is 460 g/mol. The highest BCUT2D eigenvalue weighted by Crippen LogP contribution is 2.31. The number of carbonyl (C=O) groups is 2. The number of para-hydroxylation sites is 1. The van der Waals surface area contributed by atoms with Gasteiger partial charge in [0.15, 0.2) is 0 Å². The van der Waals surface area contributed by atoms with E-state index < -0.39 is 0 Å². The van der Waals surface area contributed by atoms with Gasteiger partial charge >= 0.3 is 0 Å². The maximum atomic E-state index is 13.2. The number of hydrazine groups is 1. The summed E-state index contributed by atoms with van der Waals surface area (Å²) in [5.41, 5.74) is 8.40. The van der Waals surface area contributed by atoms with Gasteiger partial charge < -0.3 is 19.7 Å². The number of rotatable bonds is 5. The van der Waals surface area contributed by atoms with E-state index in [0.29, 0.717) is 13.0 Å². The van der Waals surface area contributed by atoms with Gasteiger partial charge in [0.2, 0.25) is 5.91 Å². The number of fused-ring (bicyclic) bond motifs is 1. The SMILES string of the molecule is Cc1ccc(C2CC3C(=O)N(CCC(=O)N4CCN(c5ccccc5)CC4)C=CN3N2)cc1C. The first-order chi connectivity index (χ1) is 16.5. The van der Waals surface area contributed by atoms with Crippen molar-refractivity contribution in [2.24, 2.45) is 0 Å². The van der Waals surface area contributed by atoms with Gasteiger partial charge in [-0.25, -0.2) is 5.43 Å². The largest absolute Gasteiger partial charge is 0.368 e. The van der Waals surface area contributed by atoms with Crippen LogP contribution in [-0.2, 0) is 9.59 Å². The number of nitrogens with one attached hydrogen (secondary N) is 1. The maximum absolute atomic E-state index is 13.2. The first-order valence-corrected chi connectivity index (χ1v) is 12.2. The summed E-state index contributed by atoms with van der Waals surface area (Å²) in [5, 5.41) is 1.92. The van der Waals surface area contributed by atoms with Crippen LogP contribution in [0.4, 0.5) is 5.69 Å². The number of anilines is 1. The summed E-state index contributed by atoms with van der Waals surface area (Å²) in [6.07, 6.45) is 4.80. The zero-order chi connectivity index (χ0) is 23.7. The van der Waals surface area contributed by atoms with Gasteiger partial charge in [-0.3, -0.25) is 9.59 Å². The molecule has 3 heterocycles. The topological polar surface area (TPSA) is 59.1 Å². The summed E-state index contributed by atoms with van der Waals surface area (Å²) in [5.74, 6) is 0.178. The number of hydrogen-bond donors (Lipinski definition) is 1. The molecular formula is C27H33N5O2. The number of benzene rings is 2. The molecule has 7 nitrogen and oxygen atoms in total. The summed E-state index contributed by atoms with van der Waals surface area (Å²) < 4.78 is 0. The second-order valence-electron chi connectivity index (χ2n) is 9.47. The van der Waals surface area contributed by atoms with E-state index in [1.165, 1.54) is 22.4 Å². The molecule has 0 spiro atoms. The third-order valence-electron chi connectivity index (χ3n) is 7.33. The van der Waals surface area contributed by atoms with E-state index in [4.69, 9.17) is 0 Å². The van der Waals surface area contributed by atoms with E-state index in [1.807, 2.05) is 34.3 Å². The fraction of sp³-hybridized carbons (Fsp3) is 0.407. The van der Waals surface area contributed by atoms with Gasteiger partial charge in [0, 0.05) is 57.2 Å². The van der Waals surface area contributed by atoms with Gasteiger partial charge in [-0.15, -0.1) is 0 Å². The maximum Gasteiger partial charge on any atom is 0.250 e. The number of piperazine rings is 1. The van der Waals surface area contributed by atoms with Crippen molar-refractivity contribution in [3.8, 4) is 0 Å². The van der Waals surface area contributed by atoms with E-state index in [1.54, 1.807) is 11.1 Å². The first kappa shape index (κ1) is 22.5. The lowest BCUT2D eigenvalue weighted by atomic mass is 9.97. The van der Waals surface area contributed by atoms with Gasteiger partial charge in [-0.2, -0.15) is 0 Å². The van der Waals surface area contributed by atoms with Crippen LogP contribution >= 0.6 is 0 Å². The van der Waals surface area contributed by atoms with Crippen molar-refractivity contribution in [3.63, 3.8) is 0 Å². The van der Waals surface area contributed by atoms with Gasteiger partial charge in [0.1, 0.15) is 6.04 Å². The van der Waals surface area contributed by atoms with E-state index in [9.17, 15) is 9.59 Å². The highest BCUT2D eigenvalue weighted by atomic mass is 16.2. The molecule has 1 N–H and O–H groups in total. The summed E-state index contributed by atoms with van der Waals surface area (Å²) in [6.45, 7) is 7.75. The van der Waals surface area contributed by atoms with Crippen LogP contribution in [0, 0.1) is 13.8 Å². The van der Waals surface area contributed by atoms with Crippen molar-refractivity contribution < 1.29 is 9.59 Å². The lowest BCUT2D eigenvalue weighted by molar-refractivity contribution is -0.136. The third-order valence-corrected chi connectivity index (χ3v) is 7.33. The van der Waals surface area contributed by atoms with Crippen LogP contribution in [0.2, 0.25) is 0 Å². The van der Waals surface area contributed by atoms with Gasteiger partial charge in [-0.1, -0.05) is 36.4 Å². The van der Waals surface area contributed by atoms with Crippen molar-refractivity contribution >= 4 is 17.5 Å². The molecule has 178 valence electrons. The van der Waals surface area contributed by atoms with E-state index >= 15 is 0 Å². The molecule has 3 aliphatic rings. The van der Waals surface area contributed by atoms with Crippen molar-refractivity contribution in [2.45, 2.75) is 38.8 Å². The van der Waals surface area contributed by atoms with Crippen molar-refractivity contribution in [2.75, 3.05) is 37.6 Å². The fourth-order valence-electron chi connectivity index (χ4n) is 5.05. The molecule has 2 fully saturated rings. The molecule has 7 heteroatoms. The molecule has 5 rings (SSSR count). The Balaban J connectivity index is 1.12. The minimum absolute atomic E-state index is 0.0584. The zero-order valence-corrected chi connectivity index (χ0v) is 20.0. The monoisotopic (exact) mass is 459 g/mol. The summed E-state index contributed by atoms with van der Waals surface area (Å²) in [6, 6.07) is 16.7. The smallest absolute Gasteiger partial charge is 0.250 e. The van der Waals surface area contributed by atoms with Crippen LogP contribution in [0.15, 0.2) is 60.9 Å². The Morgan fingerprint density at radius 3 is 2.47 bits per heavy atom. The quantitative estimate of drug-likeness (QED) is 0.745. The Morgan fingerprint density at radius 2 is 1.74 bits per heavy atom. The number of hydrogen-bond acceptors (Lipinski definition) is 5. The zero-order valence-electron chi connectivity index (χ0n) is 20.0. The van der Waals surface area contributed by atoms with E-state index in [2.05, 4.69) is 54.5 Å². The second kappa shape index (κ2) is 9.50. The normalized spacial score (nSPS) is 22.4. The van der Waals surface area contributed by atoms with Crippen LogP contribution < -0.4 is 10.3 Å². The molecule has 2 aromatic carbocycles. The summed E-state index contributed by atoms with van der Waals surface area (Å²) in [4.78, 5) is 31.9.